The van der Waals surface area contributed by atoms with Crippen LogP contribution >= 0.6 is 0 Å². The second kappa shape index (κ2) is 5.71. The highest BCUT2D eigenvalue weighted by Gasteiger charge is 2.03. The minimum absolute atomic E-state index is 0.435. The second-order valence-electron chi connectivity index (χ2n) is 4.19. The third-order valence-corrected chi connectivity index (χ3v) is 2.34. The Kier molecular flexibility index (Phi) is 4.56. The summed E-state index contributed by atoms with van der Waals surface area (Å²) in [4.78, 5) is 0. The Bertz CT molecular complexity index is 302. The van der Waals surface area contributed by atoms with E-state index >= 15 is 0 Å². The van der Waals surface area contributed by atoms with Crippen LogP contribution in [0.25, 0.3) is 0 Å². The molecule has 0 spiro atoms. The third-order valence-electron chi connectivity index (χ3n) is 2.34. The molecular formula is C12H21N3. The van der Waals surface area contributed by atoms with Crippen LogP contribution in [0.5, 0.6) is 0 Å². The van der Waals surface area contributed by atoms with Crippen molar-refractivity contribution in [2.24, 2.45) is 0 Å². The molecule has 0 aliphatic heterocycles. The lowest BCUT2D eigenvalue weighted by Crippen LogP contribution is -2.25. The zero-order valence-corrected chi connectivity index (χ0v) is 9.90. The fourth-order valence-corrected chi connectivity index (χ4v) is 1.37. The van der Waals surface area contributed by atoms with E-state index in [2.05, 4.69) is 43.8 Å². The number of nitrogens with zero attached hydrogens (tertiary/aromatic N) is 2. The van der Waals surface area contributed by atoms with E-state index < -0.39 is 0 Å². The van der Waals surface area contributed by atoms with Crippen LogP contribution in [0.2, 0.25) is 0 Å². The number of rotatable bonds is 6. The Morgan fingerprint density at radius 1 is 1.53 bits per heavy atom. The summed E-state index contributed by atoms with van der Waals surface area (Å²) in [5.74, 6) is 0. The van der Waals surface area contributed by atoms with E-state index in [1.165, 1.54) is 0 Å². The van der Waals surface area contributed by atoms with E-state index in [1.54, 1.807) is 0 Å². The van der Waals surface area contributed by atoms with Gasteiger partial charge in [0.25, 0.3) is 0 Å². The molecule has 15 heavy (non-hydrogen) atoms. The van der Waals surface area contributed by atoms with Gasteiger partial charge in [0.1, 0.15) is 0 Å². The quantitative estimate of drug-likeness (QED) is 0.726. The van der Waals surface area contributed by atoms with E-state index in [1.807, 2.05) is 17.0 Å². The Hall–Kier alpha value is -1.09. The molecular weight excluding hydrogens is 186 g/mol. The molecule has 1 atom stereocenters. The van der Waals surface area contributed by atoms with Gasteiger partial charge in [-0.25, -0.2) is 0 Å². The van der Waals surface area contributed by atoms with Gasteiger partial charge in [0.15, 0.2) is 0 Å². The van der Waals surface area contributed by atoms with Gasteiger partial charge < -0.3 is 5.32 Å². The fourth-order valence-electron chi connectivity index (χ4n) is 1.37. The highest BCUT2D eigenvalue weighted by Crippen LogP contribution is 2.04. The van der Waals surface area contributed by atoms with Crippen LogP contribution in [-0.2, 0) is 6.54 Å². The first kappa shape index (κ1) is 12.0. The van der Waals surface area contributed by atoms with Crippen LogP contribution in [0.3, 0.4) is 0 Å². The minimum Gasteiger partial charge on any atom is -0.308 e. The average molecular weight is 207 g/mol. The third kappa shape index (κ3) is 3.88. The number of nitrogens with one attached hydrogen (secondary N) is 1. The summed E-state index contributed by atoms with van der Waals surface area (Å²) in [5.41, 5.74) is 1.10. The molecule has 84 valence electrons. The number of hydrogen-bond donors (Lipinski definition) is 1. The lowest BCUT2D eigenvalue weighted by Gasteiger charge is -2.09. The van der Waals surface area contributed by atoms with Crippen molar-refractivity contribution >= 4 is 0 Å². The van der Waals surface area contributed by atoms with Crippen LogP contribution < -0.4 is 5.32 Å². The van der Waals surface area contributed by atoms with Gasteiger partial charge in [0.05, 0.1) is 5.69 Å². The van der Waals surface area contributed by atoms with E-state index in [-0.39, 0.29) is 0 Å². The van der Waals surface area contributed by atoms with Gasteiger partial charge in [-0.05, 0) is 33.3 Å². The molecule has 0 saturated heterocycles. The van der Waals surface area contributed by atoms with Crippen LogP contribution in [0.15, 0.2) is 24.9 Å². The van der Waals surface area contributed by atoms with E-state index in [4.69, 9.17) is 0 Å². The molecule has 1 heterocycles. The smallest absolute Gasteiger partial charge is 0.0762 e. The van der Waals surface area contributed by atoms with Crippen molar-refractivity contribution in [3.63, 3.8) is 0 Å². The van der Waals surface area contributed by atoms with Crippen LogP contribution in [0.1, 0.15) is 38.9 Å². The van der Waals surface area contributed by atoms with Gasteiger partial charge in [-0.3, -0.25) is 4.68 Å². The van der Waals surface area contributed by atoms with Gasteiger partial charge in [-0.2, -0.15) is 5.10 Å². The highest BCUT2D eigenvalue weighted by atomic mass is 15.3. The van der Waals surface area contributed by atoms with Crippen molar-refractivity contribution in [1.29, 1.82) is 0 Å². The predicted molar refractivity (Wildman–Crippen MR) is 63.7 cm³/mol. The van der Waals surface area contributed by atoms with Crippen molar-refractivity contribution < 1.29 is 0 Å². The highest BCUT2D eigenvalue weighted by molar-refractivity contribution is 4.99. The monoisotopic (exact) mass is 207 g/mol. The molecule has 0 fully saturated rings. The maximum absolute atomic E-state index is 4.47. The topological polar surface area (TPSA) is 29.9 Å². The zero-order valence-electron chi connectivity index (χ0n) is 9.90. The molecule has 1 aromatic rings. The van der Waals surface area contributed by atoms with Gasteiger partial charge in [-0.1, -0.05) is 6.08 Å². The molecule has 0 aromatic carbocycles. The lowest BCUT2D eigenvalue weighted by molar-refractivity contribution is 0.508. The molecule has 3 nitrogen and oxygen atoms in total. The molecule has 0 radical (unpaired) electrons. The maximum atomic E-state index is 4.47. The first-order valence-corrected chi connectivity index (χ1v) is 5.51. The molecule has 1 unspecified atom stereocenters. The summed E-state index contributed by atoms with van der Waals surface area (Å²) in [6.45, 7) is 11.0. The molecule has 3 heteroatoms. The SMILES string of the molecule is C=CCC(C)NCc1ccn(C(C)C)n1. The Morgan fingerprint density at radius 2 is 2.27 bits per heavy atom. The van der Waals surface area contributed by atoms with Gasteiger partial charge >= 0.3 is 0 Å². The van der Waals surface area contributed by atoms with E-state index in [0.29, 0.717) is 12.1 Å². The van der Waals surface area contributed by atoms with E-state index in [9.17, 15) is 0 Å². The molecule has 0 amide bonds. The standard InChI is InChI=1S/C12H21N3/c1-5-6-11(4)13-9-12-7-8-15(14-12)10(2)3/h5,7-8,10-11,13H,1,6,9H2,2-4H3. The average Bonchev–Trinajstić information content (AvgIpc) is 2.63. The number of aromatic nitrogens is 2. The van der Waals surface area contributed by atoms with Crippen molar-refractivity contribution in [2.75, 3.05) is 0 Å². The van der Waals surface area contributed by atoms with Crippen molar-refractivity contribution in [3.8, 4) is 0 Å². The van der Waals surface area contributed by atoms with Crippen molar-refractivity contribution in [1.82, 2.24) is 15.1 Å². The van der Waals surface area contributed by atoms with Crippen LogP contribution in [-0.4, -0.2) is 15.8 Å². The normalized spacial score (nSPS) is 13.1. The van der Waals surface area contributed by atoms with Crippen LogP contribution in [0.4, 0.5) is 0 Å². The Labute approximate surface area is 92.2 Å². The fraction of sp³-hybridized carbons (Fsp3) is 0.583. The summed E-state index contributed by atoms with van der Waals surface area (Å²) in [6, 6.07) is 2.96. The van der Waals surface area contributed by atoms with Gasteiger partial charge in [0.2, 0.25) is 0 Å². The van der Waals surface area contributed by atoms with Crippen molar-refractivity contribution in [2.45, 2.75) is 45.8 Å². The minimum atomic E-state index is 0.435. The van der Waals surface area contributed by atoms with Crippen molar-refractivity contribution in [3.05, 3.63) is 30.6 Å². The second-order valence-corrected chi connectivity index (χ2v) is 4.19. The van der Waals surface area contributed by atoms with Gasteiger partial charge in [0, 0.05) is 24.8 Å². The van der Waals surface area contributed by atoms with Gasteiger partial charge in [-0.15, -0.1) is 6.58 Å². The molecule has 0 aliphatic rings. The molecule has 0 bridgehead atoms. The summed E-state index contributed by atoms with van der Waals surface area (Å²) in [7, 11) is 0. The Morgan fingerprint density at radius 3 is 2.80 bits per heavy atom. The predicted octanol–water partition coefficient (Wildman–Crippen LogP) is 2.52. The molecule has 1 rings (SSSR count). The largest absolute Gasteiger partial charge is 0.308 e. The maximum Gasteiger partial charge on any atom is 0.0762 e. The summed E-state index contributed by atoms with van der Waals surface area (Å²) in [6.07, 6.45) is 4.95. The first-order valence-electron chi connectivity index (χ1n) is 5.51. The zero-order chi connectivity index (χ0) is 11.3. The molecule has 0 saturated carbocycles. The molecule has 1 aromatic heterocycles. The van der Waals surface area contributed by atoms with Crippen LogP contribution in [0, 0.1) is 0 Å². The Balaban J connectivity index is 2.40. The number of hydrogen-bond acceptors (Lipinski definition) is 2. The van der Waals surface area contributed by atoms with E-state index in [0.717, 1.165) is 18.7 Å². The summed E-state index contributed by atoms with van der Waals surface area (Å²) in [5, 5.41) is 7.88. The molecule has 1 N–H and O–H groups in total. The molecule has 0 aliphatic carbocycles. The summed E-state index contributed by atoms with van der Waals surface area (Å²) >= 11 is 0. The summed E-state index contributed by atoms with van der Waals surface area (Å²) < 4.78 is 1.98. The first-order chi connectivity index (χ1) is 7.13. The lowest BCUT2D eigenvalue weighted by atomic mass is 10.2.